The summed E-state index contributed by atoms with van der Waals surface area (Å²) < 4.78 is 88.4. The molecule has 0 aliphatic heterocycles. The van der Waals surface area contributed by atoms with Gasteiger partial charge >= 0.3 is 18.3 Å². The minimum Gasteiger partial charge on any atom is -0.463 e. The maximum absolute atomic E-state index is 12.8. The topological polar surface area (TPSA) is 26.3 Å². The molecule has 0 heterocycles. The van der Waals surface area contributed by atoms with Gasteiger partial charge in [-0.2, -0.15) is 26.3 Å². The van der Waals surface area contributed by atoms with E-state index in [1.807, 2.05) is 0 Å². The summed E-state index contributed by atoms with van der Waals surface area (Å²) in [5.41, 5.74) is 0. The first-order valence-corrected chi connectivity index (χ1v) is 4.17. The average Bonchev–Trinajstić information content (AvgIpc) is 1.96. The average molecular weight is 268 g/mol. The summed E-state index contributed by atoms with van der Waals surface area (Å²) in [6, 6.07) is 0. The summed E-state index contributed by atoms with van der Waals surface area (Å²) in [5, 5.41) is 0. The third-order valence-electron chi connectivity index (χ3n) is 1.47. The van der Waals surface area contributed by atoms with Gasteiger partial charge in [-0.25, -0.2) is 9.18 Å². The normalized spacial score (nSPS) is 14.1. The molecule has 17 heavy (non-hydrogen) atoms. The van der Waals surface area contributed by atoms with E-state index in [9.17, 15) is 35.5 Å². The minimum absolute atomic E-state index is 0.300. The number of esters is 1. The van der Waals surface area contributed by atoms with Crippen LogP contribution in [0.15, 0.2) is 11.9 Å². The van der Waals surface area contributed by atoms with Crippen molar-refractivity contribution in [3.8, 4) is 0 Å². The van der Waals surface area contributed by atoms with Gasteiger partial charge in [0, 0.05) is 0 Å². The van der Waals surface area contributed by atoms with Crippen molar-refractivity contribution in [2.75, 3.05) is 6.61 Å². The quantitative estimate of drug-likeness (QED) is 0.446. The van der Waals surface area contributed by atoms with Gasteiger partial charge in [-0.05, 0) is 6.92 Å². The number of hydrogen-bond acceptors (Lipinski definition) is 2. The molecule has 0 aliphatic carbocycles. The highest BCUT2D eigenvalue weighted by molar-refractivity contribution is 5.82. The van der Waals surface area contributed by atoms with E-state index in [1.54, 1.807) is 0 Å². The Morgan fingerprint density at radius 3 is 1.88 bits per heavy atom. The monoisotopic (exact) mass is 268 g/mol. The van der Waals surface area contributed by atoms with Crippen LogP contribution in [0.3, 0.4) is 0 Å². The Morgan fingerprint density at radius 2 is 1.59 bits per heavy atom. The summed E-state index contributed by atoms with van der Waals surface area (Å²) >= 11 is 0. The fourth-order valence-electron chi connectivity index (χ4n) is 0.878. The number of ether oxygens (including phenoxy) is 1. The van der Waals surface area contributed by atoms with Crippen LogP contribution >= 0.6 is 0 Å². The Hall–Kier alpha value is -1.28. The van der Waals surface area contributed by atoms with E-state index in [-0.39, 0.29) is 6.61 Å². The Morgan fingerprint density at radius 1 is 1.18 bits per heavy atom. The zero-order valence-electron chi connectivity index (χ0n) is 8.32. The van der Waals surface area contributed by atoms with Crippen molar-refractivity contribution in [1.29, 1.82) is 0 Å². The van der Waals surface area contributed by atoms with E-state index >= 15 is 0 Å². The van der Waals surface area contributed by atoms with Gasteiger partial charge in [-0.15, -0.1) is 0 Å². The molecular formula is C8H7F7O2. The molecule has 0 bridgehead atoms. The number of rotatable bonds is 3. The molecule has 0 saturated carbocycles. The number of alkyl halides is 6. The summed E-state index contributed by atoms with van der Waals surface area (Å²) in [6.45, 7) is 0.958. The molecule has 100 valence electrons. The molecule has 0 N–H and O–H groups in total. The molecule has 0 aromatic carbocycles. The minimum atomic E-state index is -5.87. The van der Waals surface area contributed by atoms with Gasteiger partial charge in [0.2, 0.25) is 5.92 Å². The van der Waals surface area contributed by atoms with E-state index in [4.69, 9.17) is 0 Å². The molecule has 0 amide bonds. The maximum Gasteiger partial charge on any atom is 0.406 e. The van der Waals surface area contributed by atoms with Crippen LogP contribution in [0.2, 0.25) is 0 Å². The summed E-state index contributed by atoms with van der Waals surface area (Å²) in [5.74, 6) is -8.58. The number of carbonyl (C=O) groups is 1. The van der Waals surface area contributed by atoms with E-state index in [2.05, 4.69) is 4.74 Å². The molecule has 0 rings (SSSR count). The highest BCUT2D eigenvalue weighted by atomic mass is 19.4. The maximum atomic E-state index is 12.8. The molecular weight excluding hydrogens is 261 g/mol. The van der Waals surface area contributed by atoms with Crippen LogP contribution in [-0.2, 0) is 9.53 Å². The van der Waals surface area contributed by atoms with Crippen LogP contribution in [0, 0.1) is 5.92 Å². The lowest BCUT2D eigenvalue weighted by atomic mass is 10.1. The SMILES string of the molecule is CCOC(=O)C=C(F)C(C(F)(F)F)C(F)(F)F. The Bertz CT molecular complexity index is 288. The van der Waals surface area contributed by atoms with Gasteiger partial charge < -0.3 is 4.74 Å². The molecule has 9 heteroatoms. The fourth-order valence-corrected chi connectivity index (χ4v) is 0.878. The first-order valence-electron chi connectivity index (χ1n) is 4.17. The molecule has 0 radical (unpaired) electrons. The molecule has 2 nitrogen and oxygen atoms in total. The van der Waals surface area contributed by atoms with Gasteiger partial charge in [-0.1, -0.05) is 0 Å². The highest BCUT2D eigenvalue weighted by Gasteiger charge is 2.59. The Balaban J connectivity index is 5.16. The lowest BCUT2D eigenvalue weighted by Gasteiger charge is -2.21. The third kappa shape index (κ3) is 5.05. The van der Waals surface area contributed by atoms with E-state index in [0.29, 0.717) is 0 Å². The van der Waals surface area contributed by atoms with Crippen molar-refractivity contribution in [3.05, 3.63) is 11.9 Å². The van der Waals surface area contributed by atoms with Gasteiger partial charge in [0.25, 0.3) is 0 Å². The van der Waals surface area contributed by atoms with Gasteiger partial charge in [-0.3, -0.25) is 0 Å². The standard InChI is InChI=1S/C8H7F7O2/c1-2-17-5(16)3-4(9)6(7(10,11)12)8(13,14)15/h3,6H,2H2,1H3. The molecule has 0 aliphatic rings. The second kappa shape index (κ2) is 5.37. The highest BCUT2D eigenvalue weighted by Crippen LogP contribution is 2.44. The number of carbonyl (C=O) groups excluding carboxylic acids is 1. The van der Waals surface area contributed by atoms with Crippen molar-refractivity contribution < 1.29 is 40.3 Å². The molecule has 0 spiro atoms. The molecule has 0 fully saturated rings. The van der Waals surface area contributed by atoms with E-state index in [1.165, 1.54) is 6.92 Å². The second-order valence-electron chi connectivity index (χ2n) is 2.80. The van der Waals surface area contributed by atoms with Crippen LogP contribution in [0.5, 0.6) is 0 Å². The lowest BCUT2D eigenvalue weighted by molar-refractivity contribution is -0.275. The largest absolute Gasteiger partial charge is 0.463 e. The summed E-state index contributed by atoms with van der Waals surface area (Å²) in [4.78, 5) is 10.5. The predicted octanol–water partition coefficient (Wildman–Crippen LogP) is 3.14. The van der Waals surface area contributed by atoms with Crippen molar-refractivity contribution in [1.82, 2.24) is 0 Å². The van der Waals surface area contributed by atoms with Crippen LogP contribution in [0.25, 0.3) is 0 Å². The van der Waals surface area contributed by atoms with Crippen molar-refractivity contribution in [2.24, 2.45) is 5.92 Å². The smallest absolute Gasteiger partial charge is 0.406 e. The first-order chi connectivity index (χ1) is 7.50. The number of hydrogen-bond donors (Lipinski definition) is 0. The third-order valence-corrected chi connectivity index (χ3v) is 1.47. The molecule has 0 unspecified atom stereocenters. The van der Waals surface area contributed by atoms with Crippen LogP contribution in [0.4, 0.5) is 30.7 Å². The number of halogens is 7. The van der Waals surface area contributed by atoms with Crippen molar-refractivity contribution in [3.63, 3.8) is 0 Å². The predicted molar refractivity (Wildman–Crippen MR) is 41.4 cm³/mol. The van der Waals surface area contributed by atoms with Gasteiger partial charge in [0.05, 0.1) is 12.7 Å². The van der Waals surface area contributed by atoms with Gasteiger partial charge in [0.1, 0.15) is 5.83 Å². The summed E-state index contributed by atoms with van der Waals surface area (Å²) in [7, 11) is 0. The van der Waals surface area contributed by atoms with Crippen LogP contribution in [0.1, 0.15) is 6.92 Å². The zero-order valence-corrected chi connectivity index (χ0v) is 8.32. The molecule has 0 atom stereocenters. The number of allylic oxidation sites excluding steroid dienone is 1. The molecule has 0 saturated heterocycles. The zero-order chi connectivity index (χ0) is 13.9. The van der Waals surface area contributed by atoms with Crippen molar-refractivity contribution in [2.45, 2.75) is 19.3 Å². The van der Waals surface area contributed by atoms with Crippen LogP contribution in [-0.4, -0.2) is 24.9 Å². The first kappa shape index (κ1) is 15.7. The molecule has 0 aromatic heterocycles. The van der Waals surface area contributed by atoms with E-state index in [0.717, 1.165) is 0 Å². The lowest BCUT2D eigenvalue weighted by Crippen LogP contribution is -2.37. The van der Waals surface area contributed by atoms with Gasteiger partial charge in [0.15, 0.2) is 0 Å². The van der Waals surface area contributed by atoms with Crippen molar-refractivity contribution >= 4 is 5.97 Å². The van der Waals surface area contributed by atoms with Crippen LogP contribution < -0.4 is 0 Å². The second-order valence-corrected chi connectivity index (χ2v) is 2.80. The summed E-state index contributed by atoms with van der Waals surface area (Å²) in [6.07, 6.45) is -12.2. The fraction of sp³-hybridized carbons (Fsp3) is 0.625. The Kier molecular flexibility index (Phi) is 4.96. The molecule has 0 aromatic rings. The Labute approximate surface area is 91.0 Å². The van der Waals surface area contributed by atoms with E-state index < -0.39 is 36.1 Å².